The highest BCUT2D eigenvalue weighted by atomic mass is 35.5. The molecule has 0 fully saturated rings. The number of nitrogens with zero attached hydrogens (tertiary/aromatic N) is 2. The topological polar surface area (TPSA) is 137 Å². The number of carbonyl (C=O) groups is 1. The Labute approximate surface area is 231 Å². The first-order chi connectivity index (χ1) is 18.9. The van der Waals surface area contributed by atoms with Crippen molar-refractivity contribution in [1.82, 2.24) is 20.0 Å². The molecule has 1 aliphatic rings. The summed E-state index contributed by atoms with van der Waals surface area (Å²) in [6.45, 7) is 0.160. The van der Waals surface area contributed by atoms with Crippen LogP contribution in [-0.4, -0.2) is 37.5 Å². The Bertz CT molecular complexity index is 1600. The normalized spacial score (nSPS) is 12.5. The molecular formula is C27H26ClN7O3S. The van der Waals surface area contributed by atoms with Crippen LogP contribution in [0, 0.1) is 0 Å². The summed E-state index contributed by atoms with van der Waals surface area (Å²) in [5.41, 5.74) is 4.26. The number of amides is 2. The van der Waals surface area contributed by atoms with Crippen LogP contribution in [-0.2, 0) is 22.9 Å². The Kier molecular flexibility index (Phi) is 7.92. The third-order valence-electron chi connectivity index (χ3n) is 5.98. The number of hydrogen-bond donors (Lipinski definition) is 5. The molecule has 3 aromatic carbocycles. The van der Waals surface area contributed by atoms with Crippen LogP contribution >= 0.6 is 11.6 Å². The van der Waals surface area contributed by atoms with Gasteiger partial charge >= 0.3 is 6.03 Å². The van der Waals surface area contributed by atoms with Crippen LogP contribution in [0.15, 0.2) is 83.9 Å². The standard InChI is InChI=1S/C27H26ClN7O3S/c28-23-17-30-26-33-20-6-4-5-18(15-20)9-10-19-16-21(32-25(23)35-26)11-12-24(19)34-27(36)29-13-14-31-39(37,38)22-7-2-1-3-8-22/h1-8,11-12,15-17,31H,9-10,13-14H2,(H2,29,34,36)(H2,30,32,33,35). The molecule has 0 radical (unpaired) electrons. The van der Waals surface area contributed by atoms with Crippen molar-refractivity contribution in [3.05, 3.63) is 95.1 Å². The molecule has 10 nitrogen and oxygen atoms in total. The zero-order valence-corrected chi connectivity index (χ0v) is 22.3. The van der Waals surface area contributed by atoms with Crippen LogP contribution in [0.1, 0.15) is 11.1 Å². The first-order valence-electron chi connectivity index (χ1n) is 12.2. The van der Waals surface area contributed by atoms with Crippen molar-refractivity contribution < 1.29 is 13.2 Å². The summed E-state index contributed by atoms with van der Waals surface area (Å²) >= 11 is 6.33. The van der Waals surface area contributed by atoms with Crippen LogP contribution in [0.4, 0.5) is 33.6 Å². The number of anilines is 5. The van der Waals surface area contributed by atoms with Gasteiger partial charge in [0.15, 0.2) is 5.82 Å². The van der Waals surface area contributed by atoms with E-state index in [1.165, 1.54) is 18.3 Å². The number of carbonyl (C=O) groups excluding carboxylic acids is 1. The van der Waals surface area contributed by atoms with Gasteiger partial charge in [0.2, 0.25) is 16.0 Å². The van der Waals surface area contributed by atoms with Gasteiger partial charge in [0.1, 0.15) is 5.02 Å². The van der Waals surface area contributed by atoms with E-state index in [4.69, 9.17) is 11.6 Å². The first kappa shape index (κ1) is 26.4. The van der Waals surface area contributed by atoms with Gasteiger partial charge in [0.25, 0.3) is 0 Å². The highest BCUT2D eigenvalue weighted by Crippen LogP contribution is 2.29. The summed E-state index contributed by atoms with van der Waals surface area (Å²) in [7, 11) is -3.64. The fraction of sp³-hybridized carbons (Fsp3) is 0.148. The van der Waals surface area contributed by atoms with Crippen LogP contribution in [0.5, 0.6) is 0 Å². The molecule has 1 aromatic heterocycles. The molecular weight excluding hydrogens is 538 g/mol. The largest absolute Gasteiger partial charge is 0.339 e. The van der Waals surface area contributed by atoms with Crippen LogP contribution < -0.4 is 26.0 Å². The Hall–Kier alpha value is -4.19. The molecule has 39 heavy (non-hydrogen) atoms. The lowest BCUT2D eigenvalue weighted by atomic mass is 10.0. The van der Waals surface area contributed by atoms with Gasteiger partial charge in [-0.3, -0.25) is 0 Å². The summed E-state index contributed by atoms with van der Waals surface area (Å²) < 4.78 is 27.2. The van der Waals surface area contributed by atoms with Crippen molar-refractivity contribution >= 4 is 56.5 Å². The Morgan fingerprint density at radius 1 is 0.923 bits per heavy atom. The van der Waals surface area contributed by atoms with E-state index in [9.17, 15) is 13.2 Å². The summed E-state index contributed by atoms with van der Waals surface area (Å²) in [5.74, 6) is 0.867. The molecule has 5 N–H and O–H groups in total. The number of fused-ring (bicyclic) bond motifs is 6. The molecule has 0 saturated heterocycles. The zero-order valence-electron chi connectivity index (χ0n) is 20.7. The monoisotopic (exact) mass is 563 g/mol. The third-order valence-corrected chi connectivity index (χ3v) is 7.74. The molecule has 200 valence electrons. The second-order valence-corrected chi connectivity index (χ2v) is 11.0. The quantitative estimate of drug-likeness (QED) is 0.212. The first-order valence-corrected chi connectivity index (χ1v) is 14.1. The number of nitrogens with one attached hydrogen (secondary N) is 5. The molecule has 6 bridgehead atoms. The molecule has 5 rings (SSSR count). The molecule has 0 spiro atoms. The molecule has 2 amide bonds. The van der Waals surface area contributed by atoms with Gasteiger partial charge in [0.05, 0.1) is 11.1 Å². The lowest BCUT2D eigenvalue weighted by molar-refractivity contribution is 0.252. The fourth-order valence-corrected chi connectivity index (χ4v) is 5.27. The van der Waals surface area contributed by atoms with E-state index in [1.807, 2.05) is 36.4 Å². The number of halogens is 1. The minimum absolute atomic E-state index is 0.0480. The highest BCUT2D eigenvalue weighted by Gasteiger charge is 2.14. The number of benzene rings is 3. The van der Waals surface area contributed by atoms with Gasteiger partial charge in [-0.25, -0.2) is 22.9 Å². The summed E-state index contributed by atoms with van der Waals surface area (Å²) in [6, 6.07) is 21.2. The maximum absolute atomic E-state index is 12.6. The minimum Gasteiger partial charge on any atom is -0.339 e. The lowest BCUT2D eigenvalue weighted by Crippen LogP contribution is -2.37. The number of aryl methyl sites for hydroxylation is 2. The van der Waals surface area contributed by atoms with Crippen molar-refractivity contribution in [1.29, 1.82) is 0 Å². The van der Waals surface area contributed by atoms with Crippen LogP contribution in [0.3, 0.4) is 0 Å². The van der Waals surface area contributed by atoms with E-state index < -0.39 is 16.1 Å². The van der Waals surface area contributed by atoms with E-state index >= 15 is 0 Å². The van der Waals surface area contributed by atoms with Crippen molar-refractivity contribution in [2.45, 2.75) is 17.7 Å². The predicted octanol–water partition coefficient (Wildman–Crippen LogP) is 4.82. The van der Waals surface area contributed by atoms with Gasteiger partial charge in [-0.1, -0.05) is 41.9 Å². The van der Waals surface area contributed by atoms with E-state index in [0.29, 0.717) is 28.9 Å². The molecule has 12 heteroatoms. The molecule has 0 atom stereocenters. The number of sulfonamides is 1. The Balaban J connectivity index is 1.28. The Morgan fingerprint density at radius 3 is 2.59 bits per heavy atom. The maximum atomic E-state index is 12.6. The van der Waals surface area contributed by atoms with Crippen molar-refractivity contribution in [3.63, 3.8) is 0 Å². The fourth-order valence-electron chi connectivity index (χ4n) is 4.08. The van der Waals surface area contributed by atoms with E-state index in [-0.39, 0.29) is 18.0 Å². The average molecular weight is 564 g/mol. The van der Waals surface area contributed by atoms with Gasteiger partial charge < -0.3 is 21.3 Å². The summed E-state index contributed by atoms with van der Waals surface area (Å²) in [6.07, 6.45) is 2.92. The minimum atomic E-state index is -3.64. The molecule has 0 unspecified atom stereocenters. The van der Waals surface area contributed by atoms with Crippen LogP contribution in [0.2, 0.25) is 5.02 Å². The second-order valence-electron chi connectivity index (χ2n) is 8.80. The second kappa shape index (κ2) is 11.7. The smallest absolute Gasteiger partial charge is 0.319 e. The van der Waals surface area contributed by atoms with Gasteiger partial charge in [0, 0.05) is 30.2 Å². The average Bonchev–Trinajstić information content (AvgIpc) is 2.94. The van der Waals surface area contributed by atoms with Crippen molar-refractivity contribution in [3.8, 4) is 0 Å². The molecule has 0 saturated carbocycles. The number of aromatic nitrogens is 2. The van der Waals surface area contributed by atoms with Gasteiger partial charge in [-0.05, 0) is 66.4 Å². The summed E-state index contributed by atoms with van der Waals surface area (Å²) in [4.78, 5) is 21.6. The highest BCUT2D eigenvalue weighted by molar-refractivity contribution is 7.89. The molecule has 2 heterocycles. The van der Waals surface area contributed by atoms with E-state index in [2.05, 4.69) is 36.0 Å². The van der Waals surface area contributed by atoms with Gasteiger partial charge in [-0.15, -0.1) is 0 Å². The summed E-state index contributed by atoms with van der Waals surface area (Å²) in [5, 5.41) is 12.4. The Morgan fingerprint density at radius 2 is 1.74 bits per heavy atom. The molecule has 0 aliphatic carbocycles. The lowest BCUT2D eigenvalue weighted by Gasteiger charge is -2.15. The van der Waals surface area contributed by atoms with E-state index in [0.717, 1.165) is 28.9 Å². The predicted molar refractivity (Wildman–Crippen MR) is 153 cm³/mol. The maximum Gasteiger partial charge on any atom is 0.319 e. The molecule has 1 aliphatic heterocycles. The molecule has 4 aromatic rings. The van der Waals surface area contributed by atoms with Gasteiger partial charge in [-0.2, -0.15) is 4.98 Å². The van der Waals surface area contributed by atoms with Crippen molar-refractivity contribution in [2.24, 2.45) is 0 Å². The third kappa shape index (κ3) is 6.82. The zero-order chi connectivity index (χ0) is 27.2. The van der Waals surface area contributed by atoms with E-state index in [1.54, 1.807) is 24.3 Å². The number of urea groups is 1. The van der Waals surface area contributed by atoms with Crippen molar-refractivity contribution in [2.75, 3.05) is 29.0 Å². The van der Waals surface area contributed by atoms with Crippen LogP contribution in [0.25, 0.3) is 0 Å². The number of rotatable bonds is 6. The number of hydrogen-bond acceptors (Lipinski definition) is 7. The SMILES string of the molecule is O=C(NCCNS(=O)(=O)c1ccccc1)Nc1ccc2cc1CCc1cccc(c1)Nc1ncc(Cl)c(n1)N2.